The van der Waals surface area contributed by atoms with E-state index < -0.39 is 0 Å². The average molecular weight is 415 g/mol. The van der Waals surface area contributed by atoms with Gasteiger partial charge in [0.05, 0.1) is 19.7 Å². The number of amides is 3. The van der Waals surface area contributed by atoms with Gasteiger partial charge >= 0.3 is 6.03 Å². The third-order valence-corrected chi connectivity index (χ3v) is 5.31. The van der Waals surface area contributed by atoms with E-state index in [2.05, 4.69) is 5.32 Å². The van der Waals surface area contributed by atoms with Crippen molar-refractivity contribution in [2.24, 2.45) is 0 Å². The zero-order chi connectivity index (χ0) is 21.6. The first-order chi connectivity index (χ1) is 15.1. The molecule has 1 N–H and O–H groups in total. The van der Waals surface area contributed by atoms with Crippen LogP contribution in [0.2, 0.25) is 0 Å². The summed E-state index contributed by atoms with van der Waals surface area (Å²) in [5, 5.41) is 3.05. The number of carbonyl (C=O) groups is 2. The van der Waals surface area contributed by atoms with Gasteiger partial charge in [0.2, 0.25) is 5.91 Å². The molecule has 1 atom stereocenters. The van der Waals surface area contributed by atoms with Crippen molar-refractivity contribution in [2.75, 3.05) is 23.5 Å². The minimum Gasteiger partial charge on any atom is -0.497 e. The quantitative estimate of drug-likeness (QED) is 0.656. The number of ether oxygens (including phenoxy) is 1. The van der Waals surface area contributed by atoms with Crippen molar-refractivity contribution in [3.05, 3.63) is 90.5 Å². The van der Waals surface area contributed by atoms with Crippen molar-refractivity contribution in [1.29, 1.82) is 0 Å². The average Bonchev–Trinajstić information content (AvgIpc) is 3.18. The molecule has 0 aliphatic carbocycles. The van der Waals surface area contributed by atoms with Gasteiger partial charge in [-0.05, 0) is 29.8 Å². The molecule has 1 aliphatic heterocycles. The molecule has 0 bridgehead atoms. The summed E-state index contributed by atoms with van der Waals surface area (Å²) in [5.74, 6) is 0.670. The summed E-state index contributed by atoms with van der Waals surface area (Å²) in [6.45, 7) is 0.864. The largest absolute Gasteiger partial charge is 0.497 e. The smallest absolute Gasteiger partial charge is 0.322 e. The highest BCUT2D eigenvalue weighted by atomic mass is 16.5. The summed E-state index contributed by atoms with van der Waals surface area (Å²) in [6.07, 6.45) is 0.261. The molecule has 1 aliphatic rings. The lowest BCUT2D eigenvalue weighted by atomic mass is 10.2. The molecule has 1 unspecified atom stereocenters. The van der Waals surface area contributed by atoms with Crippen LogP contribution in [0.3, 0.4) is 0 Å². The van der Waals surface area contributed by atoms with Crippen molar-refractivity contribution in [1.82, 2.24) is 5.32 Å². The van der Waals surface area contributed by atoms with Gasteiger partial charge in [-0.25, -0.2) is 4.79 Å². The van der Waals surface area contributed by atoms with E-state index in [-0.39, 0.29) is 24.4 Å². The van der Waals surface area contributed by atoms with E-state index in [1.165, 1.54) is 0 Å². The molecule has 3 aromatic carbocycles. The van der Waals surface area contributed by atoms with Crippen molar-refractivity contribution in [3.8, 4) is 5.75 Å². The van der Waals surface area contributed by atoms with Gasteiger partial charge in [0.25, 0.3) is 0 Å². The Labute approximate surface area is 182 Å². The van der Waals surface area contributed by atoms with Gasteiger partial charge < -0.3 is 15.0 Å². The van der Waals surface area contributed by atoms with Crippen LogP contribution < -0.4 is 19.9 Å². The molecule has 3 amide bonds. The van der Waals surface area contributed by atoms with Crippen LogP contribution in [0, 0.1) is 0 Å². The predicted octanol–water partition coefficient (Wildman–Crippen LogP) is 4.22. The number of nitrogens with zero attached hydrogens (tertiary/aromatic N) is 2. The van der Waals surface area contributed by atoms with Crippen molar-refractivity contribution >= 4 is 23.3 Å². The fraction of sp³-hybridized carbons (Fsp3) is 0.200. The van der Waals surface area contributed by atoms with Crippen molar-refractivity contribution in [2.45, 2.75) is 19.0 Å². The number of rotatable bonds is 6. The molecule has 1 saturated heterocycles. The summed E-state index contributed by atoms with van der Waals surface area (Å²) in [6, 6.07) is 26.3. The fourth-order valence-electron chi connectivity index (χ4n) is 3.74. The normalized spacial score (nSPS) is 15.6. The van der Waals surface area contributed by atoms with E-state index in [1.54, 1.807) is 16.9 Å². The first kappa shape index (κ1) is 20.5. The number of urea groups is 1. The summed E-state index contributed by atoms with van der Waals surface area (Å²) in [4.78, 5) is 29.2. The second-order valence-electron chi connectivity index (χ2n) is 7.46. The number of para-hydroxylation sites is 1. The molecule has 1 heterocycles. The van der Waals surface area contributed by atoms with Crippen LogP contribution in [0.5, 0.6) is 5.75 Å². The Morgan fingerprint density at radius 2 is 1.74 bits per heavy atom. The van der Waals surface area contributed by atoms with E-state index in [0.29, 0.717) is 18.8 Å². The fourth-order valence-corrected chi connectivity index (χ4v) is 3.74. The Bertz CT molecular complexity index is 1040. The Balaban J connectivity index is 1.49. The van der Waals surface area contributed by atoms with E-state index in [9.17, 15) is 9.59 Å². The van der Waals surface area contributed by atoms with E-state index in [4.69, 9.17) is 4.74 Å². The minimum absolute atomic E-state index is 0.0205. The lowest BCUT2D eigenvalue weighted by molar-refractivity contribution is -0.117. The maximum Gasteiger partial charge on any atom is 0.322 e. The highest BCUT2D eigenvalue weighted by Gasteiger charge is 2.33. The Kier molecular flexibility index (Phi) is 6.17. The van der Waals surface area contributed by atoms with Crippen LogP contribution in [0.1, 0.15) is 12.0 Å². The van der Waals surface area contributed by atoms with Gasteiger partial charge in [-0.2, -0.15) is 0 Å². The van der Waals surface area contributed by atoms with E-state index in [1.807, 2.05) is 84.9 Å². The Morgan fingerprint density at radius 3 is 2.45 bits per heavy atom. The highest BCUT2D eigenvalue weighted by molar-refractivity contribution is 5.98. The molecule has 1 fully saturated rings. The van der Waals surface area contributed by atoms with Gasteiger partial charge in [0.1, 0.15) is 5.75 Å². The van der Waals surface area contributed by atoms with Gasteiger partial charge in [0, 0.05) is 30.4 Å². The SMILES string of the molecule is COc1cccc(N2CC(NC(=O)N(Cc3ccccc3)c3ccccc3)CC2=O)c1. The maximum atomic E-state index is 13.2. The number of hydrogen-bond donors (Lipinski definition) is 1. The van der Waals surface area contributed by atoms with Crippen LogP contribution in [-0.4, -0.2) is 31.6 Å². The minimum atomic E-state index is -0.270. The second kappa shape index (κ2) is 9.34. The lowest BCUT2D eigenvalue weighted by Crippen LogP contribution is -2.45. The zero-order valence-corrected chi connectivity index (χ0v) is 17.4. The third-order valence-electron chi connectivity index (χ3n) is 5.31. The van der Waals surface area contributed by atoms with Crippen molar-refractivity contribution < 1.29 is 14.3 Å². The molecular weight excluding hydrogens is 390 g/mol. The molecule has 0 radical (unpaired) electrons. The number of methoxy groups -OCH3 is 1. The van der Waals surface area contributed by atoms with Gasteiger partial charge in [-0.15, -0.1) is 0 Å². The zero-order valence-electron chi connectivity index (χ0n) is 17.4. The van der Waals surface area contributed by atoms with E-state index in [0.717, 1.165) is 16.9 Å². The molecule has 3 aromatic rings. The molecule has 4 rings (SSSR count). The summed E-state index contributed by atoms with van der Waals surface area (Å²) < 4.78 is 5.26. The standard InChI is InChI=1S/C25H25N3O3/c1-31-23-14-8-13-22(16-23)27-18-20(15-24(27)29)26-25(30)28(21-11-6-3-7-12-21)17-19-9-4-2-5-10-19/h2-14,16,20H,15,17-18H2,1H3,(H,26,30). The van der Waals surface area contributed by atoms with Gasteiger partial charge in [-0.3, -0.25) is 9.69 Å². The first-order valence-corrected chi connectivity index (χ1v) is 10.3. The van der Waals surface area contributed by atoms with Gasteiger partial charge in [0.15, 0.2) is 0 Å². The Morgan fingerprint density at radius 1 is 1.03 bits per heavy atom. The molecular formula is C25H25N3O3. The molecule has 158 valence electrons. The number of anilines is 2. The predicted molar refractivity (Wildman–Crippen MR) is 121 cm³/mol. The van der Waals surface area contributed by atoms with Crippen LogP contribution in [0.25, 0.3) is 0 Å². The summed E-state index contributed by atoms with van der Waals surface area (Å²) >= 11 is 0. The number of hydrogen-bond acceptors (Lipinski definition) is 3. The third kappa shape index (κ3) is 4.86. The lowest BCUT2D eigenvalue weighted by Gasteiger charge is -2.25. The highest BCUT2D eigenvalue weighted by Crippen LogP contribution is 2.26. The van der Waals surface area contributed by atoms with Crippen LogP contribution >= 0.6 is 0 Å². The molecule has 6 nitrogen and oxygen atoms in total. The molecule has 0 aromatic heterocycles. The van der Waals surface area contributed by atoms with Crippen molar-refractivity contribution in [3.63, 3.8) is 0 Å². The van der Waals surface area contributed by atoms with Crippen LogP contribution in [-0.2, 0) is 11.3 Å². The molecule has 0 spiro atoms. The first-order valence-electron chi connectivity index (χ1n) is 10.3. The number of carbonyl (C=O) groups excluding carboxylic acids is 2. The van der Waals surface area contributed by atoms with Crippen LogP contribution in [0.4, 0.5) is 16.2 Å². The van der Waals surface area contributed by atoms with Gasteiger partial charge in [-0.1, -0.05) is 54.6 Å². The monoisotopic (exact) mass is 415 g/mol. The Hall–Kier alpha value is -3.80. The van der Waals surface area contributed by atoms with Crippen LogP contribution in [0.15, 0.2) is 84.9 Å². The second-order valence-corrected chi connectivity index (χ2v) is 7.46. The summed E-state index contributed by atoms with van der Waals surface area (Å²) in [5.41, 5.74) is 2.60. The number of nitrogens with one attached hydrogen (secondary N) is 1. The topological polar surface area (TPSA) is 61.9 Å². The molecule has 6 heteroatoms. The number of benzene rings is 3. The molecule has 0 saturated carbocycles. The molecule has 31 heavy (non-hydrogen) atoms. The maximum absolute atomic E-state index is 13.2. The summed E-state index contributed by atoms with van der Waals surface area (Å²) in [7, 11) is 1.60. The van der Waals surface area contributed by atoms with E-state index >= 15 is 0 Å².